The zero-order chi connectivity index (χ0) is 15.5. The van der Waals surface area contributed by atoms with Gasteiger partial charge in [0, 0.05) is 12.8 Å². The molecule has 5 nitrogen and oxygen atoms in total. The van der Waals surface area contributed by atoms with Crippen LogP contribution in [-0.4, -0.2) is 29.0 Å². The van der Waals surface area contributed by atoms with E-state index in [2.05, 4.69) is 4.74 Å². The smallest absolute Gasteiger partial charge is 0.320 e. The van der Waals surface area contributed by atoms with Crippen LogP contribution in [0.3, 0.4) is 0 Å². The third-order valence-corrected chi connectivity index (χ3v) is 3.79. The van der Waals surface area contributed by atoms with Crippen LogP contribution in [0.15, 0.2) is 30.3 Å². The number of aryl methyl sites for hydroxylation is 1. The van der Waals surface area contributed by atoms with Crippen molar-refractivity contribution in [3.8, 4) is 0 Å². The maximum Gasteiger partial charge on any atom is 0.320 e. The van der Waals surface area contributed by atoms with Crippen molar-refractivity contribution in [3.05, 3.63) is 35.9 Å². The van der Waals surface area contributed by atoms with Gasteiger partial charge in [0.05, 0.1) is 12.9 Å². The molecule has 0 heterocycles. The number of methoxy groups -OCH3 is 1. The first-order valence-electron chi connectivity index (χ1n) is 6.82. The molecule has 1 aromatic carbocycles. The zero-order valence-corrected chi connectivity index (χ0v) is 12.9. The molecule has 0 fully saturated rings. The molecule has 0 amide bonds. The lowest BCUT2D eigenvalue weighted by molar-refractivity contribution is -0.141. The Morgan fingerprint density at radius 2 is 1.71 bits per heavy atom. The number of esters is 1. The quantitative estimate of drug-likeness (QED) is 0.654. The van der Waals surface area contributed by atoms with Gasteiger partial charge >= 0.3 is 11.9 Å². The third-order valence-electron chi connectivity index (χ3n) is 2.79. The second kappa shape index (κ2) is 10.1. The van der Waals surface area contributed by atoms with Crippen LogP contribution < -0.4 is 0 Å². The lowest BCUT2D eigenvalue weighted by Gasteiger charge is -2.04. The van der Waals surface area contributed by atoms with Crippen molar-refractivity contribution < 1.29 is 22.7 Å². The van der Waals surface area contributed by atoms with Crippen molar-refractivity contribution in [2.45, 2.75) is 32.1 Å². The molecule has 1 rings (SSSR count). The Labute approximate surface area is 127 Å². The van der Waals surface area contributed by atoms with E-state index in [1.165, 1.54) is 12.7 Å². The Kier molecular flexibility index (Phi) is 8.35. The van der Waals surface area contributed by atoms with Crippen LogP contribution in [0.5, 0.6) is 0 Å². The van der Waals surface area contributed by atoms with Crippen LogP contribution in [0, 0.1) is 0 Å². The molecule has 1 aromatic rings. The van der Waals surface area contributed by atoms with E-state index < -0.39 is 17.0 Å². The molecule has 0 aromatic heterocycles. The fourth-order valence-electron chi connectivity index (χ4n) is 1.70. The fourth-order valence-corrected chi connectivity index (χ4v) is 2.46. The summed E-state index contributed by atoms with van der Waals surface area (Å²) >= 11 is -1.61. The first-order chi connectivity index (χ1) is 10.1. The summed E-state index contributed by atoms with van der Waals surface area (Å²) in [5.74, 6) is -0.596. The van der Waals surface area contributed by atoms with Gasteiger partial charge in [0.15, 0.2) is 0 Å². The topological polar surface area (TPSA) is 69.7 Å². The van der Waals surface area contributed by atoms with Crippen LogP contribution in [0.4, 0.5) is 0 Å². The summed E-state index contributed by atoms with van der Waals surface area (Å²) in [7, 11) is 1.29. The molecule has 116 valence electrons. The lowest BCUT2D eigenvalue weighted by atomic mass is 10.1. The van der Waals surface area contributed by atoms with Crippen LogP contribution in [0.1, 0.15) is 31.2 Å². The van der Waals surface area contributed by atoms with Gasteiger partial charge in [-0.15, -0.1) is 0 Å². The average Bonchev–Trinajstić information content (AvgIpc) is 2.48. The highest BCUT2D eigenvalue weighted by atomic mass is 32.2. The molecule has 0 N–H and O–H groups in total. The minimum absolute atomic E-state index is 0.0690. The lowest BCUT2D eigenvalue weighted by Crippen LogP contribution is -2.11. The largest absolute Gasteiger partial charge is 0.469 e. The van der Waals surface area contributed by atoms with Crippen molar-refractivity contribution in [1.29, 1.82) is 0 Å². The Morgan fingerprint density at radius 3 is 2.38 bits per heavy atom. The summed E-state index contributed by atoms with van der Waals surface area (Å²) in [5, 5.41) is 0. The van der Waals surface area contributed by atoms with Gasteiger partial charge in [-0.3, -0.25) is 9.59 Å². The second-order valence-corrected chi connectivity index (χ2v) is 5.66. The van der Waals surface area contributed by atoms with Crippen molar-refractivity contribution in [2.24, 2.45) is 0 Å². The zero-order valence-electron chi connectivity index (χ0n) is 12.1. The number of carbonyl (C=O) groups is 2. The van der Waals surface area contributed by atoms with Gasteiger partial charge in [0.25, 0.3) is 0 Å². The highest BCUT2D eigenvalue weighted by Gasteiger charge is 2.10. The normalized spacial score (nSPS) is 11.7. The van der Waals surface area contributed by atoms with Crippen molar-refractivity contribution in [3.63, 3.8) is 0 Å². The predicted octanol–water partition coefficient (Wildman–Crippen LogP) is 2.17. The monoisotopic (exact) mass is 312 g/mol. The van der Waals surface area contributed by atoms with Crippen LogP contribution in [0.25, 0.3) is 0 Å². The minimum atomic E-state index is -1.61. The molecule has 6 heteroatoms. The molecule has 0 saturated heterocycles. The van der Waals surface area contributed by atoms with Crippen LogP contribution in [-0.2, 0) is 36.0 Å². The highest BCUT2D eigenvalue weighted by Crippen LogP contribution is 2.05. The number of rotatable bonds is 9. The molecular formula is C15H20O5S. The Hall–Kier alpha value is -1.69. The Morgan fingerprint density at radius 1 is 1.05 bits per heavy atom. The molecule has 1 unspecified atom stereocenters. The molecule has 0 aliphatic rings. The first kappa shape index (κ1) is 17.4. The van der Waals surface area contributed by atoms with E-state index in [0.29, 0.717) is 18.6 Å². The predicted molar refractivity (Wildman–Crippen MR) is 79.7 cm³/mol. The highest BCUT2D eigenvalue weighted by molar-refractivity contribution is 7.80. The summed E-state index contributed by atoms with van der Waals surface area (Å²) in [6.07, 6.45) is 2.05. The van der Waals surface area contributed by atoms with Gasteiger partial charge in [-0.25, -0.2) is 4.21 Å². The molecule has 0 bridgehead atoms. The molecule has 1 atom stereocenters. The summed E-state index contributed by atoms with van der Waals surface area (Å²) in [4.78, 5) is 22.2. The van der Waals surface area contributed by atoms with Crippen LogP contribution >= 0.6 is 0 Å². The average molecular weight is 312 g/mol. The molecule has 0 radical (unpaired) electrons. The summed E-state index contributed by atoms with van der Waals surface area (Å²) in [6.45, 7) is 0. The van der Waals surface area contributed by atoms with Crippen molar-refractivity contribution in [2.75, 3.05) is 12.9 Å². The molecule has 0 aliphatic heterocycles. The number of hydrogen-bond donors (Lipinski definition) is 0. The number of carbonyl (C=O) groups excluding carboxylic acids is 2. The number of ether oxygens (including phenoxy) is 1. The summed E-state index contributed by atoms with van der Waals surface area (Å²) in [5.41, 5.74) is 1.17. The standard InChI is InChI=1S/C15H20O5S/c1-19-14(16)10-5-11-15(17)20-21(18)12-6-9-13-7-3-2-4-8-13/h2-4,7-8H,5-6,9-12H2,1H3. The van der Waals surface area contributed by atoms with Crippen molar-refractivity contribution >= 4 is 23.0 Å². The molecule has 21 heavy (non-hydrogen) atoms. The van der Waals surface area contributed by atoms with E-state index in [9.17, 15) is 13.8 Å². The molecule has 0 spiro atoms. The molecule has 0 aliphatic carbocycles. The number of hydrogen-bond acceptors (Lipinski definition) is 5. The molecule has 0 saturated carbocycles. The summed E-state index contributed by atoms with van der Waals surface area (Å²) in [6, 6.07) is 9.85. The second-order valence-electron chi connectivity index (χ2n) is 4.48. The van der Waals surface area contributed by atoms with Crippen LogP contribution in [0.2, 0.25) is 0 Å². The van der Waals surface area contributed by atoms with E-state index in [-0.39, 0.29) is 18.8 Å². The summed E-state index contributed by atoms with van der Waals surface area (Å²) < 4.78 is 20.8. The van der Waals surface area contributed by atoms with Gasteiger partial charge in [-0.05, 0) is 24.8 Å². The van der Waals surface area contributed by atoms with E-state index >= 15 is 0 Å². The number of benzene rings is 1. The van der Waals surface area contributed by atoms with E-state index in [0.717, 1.165) is 6.42 Å². The van der Waals surface area contributed by atoms with E-state index in [4.69, 9.17) is 4.18 Å². The van der Waals surface area contributed by atoms with Gasteiger partial charge in [-0.1, -0.05) is 30.3 Å². The third kappa shape index (κ3) is 8.24. The van der Waals surface area contributed by atoms with Gasteiger partial charge in [-0.2, -0.15) is 0 Å². The van der Waals surface area contributed by atoms with E-state index in [1.54, 1.807) is 0 Å². The van der Waals surface area contributed by atoms with Crippen molar-refractivity contribution in [1.82, 2.24) is 0 Å². The maximum absolute atomic E-state index is 11.6. The first-order valence-corrected chi connectivity index (χ1v) is 8.06. The fraction of sp³-hybridized carbons (Fsp3) is 0.467. The Bertz CT molecular complexity index is 472. The van der Waals surface area contributed by atoms with Gasteiger partial charge < -0.3 is 8.92 Å². The van der Waals surface area contributed by atoms with E-state index in [1.807, 2.05) is 30.3 Å². The maximum atomic E-state index is 11.6. The minimum Gasteiger partial charge on any atom is -0.469 e. The van der Waals surface area contributed by atoms with Gasteiger partial charge in [0.1, 0.15) is 0 Å². The SMILES string of the molecule is COC(=O)CCCC(=O)OS(=O)CCCc1ccccc1. The molecular weight excluding hydrogens is 292 g/mol. The van der Waals surface area contributed by atoms with Gasteiger partial charge in [0.2, 0.25) is 11.1 Å². The Balaban J connectivity index is 2.12.